The van der Waals surface area contributed by atoms with E-state index in [-0.39, 0.29) is 17.6 Å². The highest BCUT2D eigenvalue weighted by atomic mass is 16.7. The number of carboxylic acid groups (broad SMARTS) is 1. The van der Waals surface area contributed by atoms with Crippen LogP contribution in [0.2, 0.25) is 0 Å². The van der Waals surface area contributed by atoms with Gasteiger partial charge in [0.25, 0.3) is 0 Å². The summed E-state index contributed by atoms with van der Waals surface area (Å²) in [6.45, 7) is 4.69. The average molecular weight is 381 g/mol. The summed E-state index contributed by atoms with van der Waals surface area (Å²) >= 11 is 0. The van der Waals surface area contributed by atoms with E-state index in [1.165, 1.54) is 57.4 Å². The third-order valence-corrected chi connectivity index (χ3v) is 4.76. The molecule has 5 heteroatoms. The molecule has 0 aliphatic rings. The van der Waals surface area contributed by atoms with Gasteiger partial charge in [0.1, 0.15) is 0 Å². The molecule has 0 bridgehead atoms. The van der Waals surface area contributed by atoms with Gasteiger partial charge in [-0.05, 0) is 19.4 Å². The van der Waals surface area contributed by atoms with Gasteiger partial charge in [-0.25, -0.2) is 4.79 Å². The fraction of sp³-hybridized carbons (Fsp3) is 0.682. The normalized spacial score (nSPS) is 12.1. The smallest absolute Gasteiger partial charge is 0.504 e. The van der Waals surface area contributed by atoms with Crippen molar-refractivity contribution in [2.75, 3.05) is 6.61 Å². The van der Waals surface area contributed by atoms with Crippen molar-refractivity contribution in [1.82, 2.24) is 0 Å². The van der Waals surface area contributed by atoms with Crippen LogP contribution >= 0.6 is 0 Å². The van der Waals surface area contributed by atoms with Gasteiger partial charge < -0.3 is 19.7 Å². The topological polar surface area (TPSA) is 76.0 Å². The van der Waals surface area contributed by atoms with Crippen molar-refractivity contribution in [3.63, 3.8) is 0 Å². The molecule has 1 rings (SSSR count). The average Bonchev–Trinajstić information content (AvgIpc) is 2.64. The molecule has 1 unspecified atom stereocenters. The number of unbranched alkanes of at least 4 members (excludes halogenated alkanes) is 9. The number of phenols is 1. The summed E-state index contributed by atoms with van der Waals surface area (Å²) in [4.78, 5) is 10.7. The van der Waals surface area contributed by atoms with Crippen LogP contribution in [0.4, 0.5) is 4.79 Å². The highest BCUT2D eigenvalue weighted by Gasteiger charge is 2.19. The van der Waals surface area contributed by atoms with Crippen molar-refractivity contribution in [3.8, 4) is 11.5 Å². The van der Waals surface area contributed by atoms with E-state index in [0.29, 0.717) is 12.2 Å². The molecule has 0 radical (unpaired) electrons. The van der Waals surface area contributed by atoms with Gasteiger partial charge in [-0.1, -0.05) is 83.3 Å². The summed E-state index contributed by atoms with van der Waals surface area (Å²) in [7, 11) is 0. The predicted molar refractivity (Wildman–Crippen MR) is 108 cm³/mol. The van der Waals surface area contributed by atoms with E-state index in [1.807, 2.05) is 6.92 Å². The summed E-state index contributed by atoms with van der Waals surface area (Å²) < 4.78 is 10.4. The van der Waals surface area contributed by atoms with E-state index in [0.717, 1.165) is 19.3 Å². The Morgan fingerprint density at radius 3 is 2.11 bits per heavy atom. The Balaban J connectivity index is 2.39. The Kier molecular flexibility index (Phi) is 12.4. The van der Waals surface area contributed by atoms with Gasteiger partial charge in [-0.2, -0.15) is 0 Å². The molecule has 0 heterocycles. The zero-order valence-electron chi connectivity index (χ0n) is 16.9. The molecule has 1 atom stereocenters. The summed E-state index contributed by atoms with van der Waals surface area (Å²) in [6, 6.07) is 4.88. The maximum absolute atomic E-state index is 10.7. The van der Waals surface area contributed by atoms with Crippen LogP contribution in [0.3, 0.4) is 0 Å². The van der Waals surface area contributed by atoms with Gasteiger partial charge in [0.2, 0.25) is 0 Å². The second-order valence-electron chi connectivity index (χ2n) is 6.98. The molecule has 0 aliphatic carbocycles. The molecule has 27 heavy (non-hydrogen) atoms. The molecule has 0 aliphatic heterocycles. The summed E-state index contributed by atoms with van der Waals surface area (Å²) in [6.07, 6.45) is 11.8. The first kappa shape index (κ1) is 23.3. The molecule has 0 saturated carbocycles. The van der Waals surface area contributed by atoms with Crippen molar-refractivity contribution in [2.45, 2.75) is 90.6 Å². The number of benzene rings is 1. The quantitative estimate of drug-likeness (QED) is 0.198. The minimum atomic E-state index is -1.44. The second-order valence-corrected chi connectivity index (χ2v) is 6.98. The third kappa shape index (κ3) is 9.66. The largest absolute Gasteiger partial charge is 0.511 e. The molecule has 1 aromatic carbocycles. The lowest BCUT2D eigenvalue weighted by atomic mass is 10.00. The van der Waals surface area contributed by atoms with E-state index < -0.39 is 6.16 Å². The van der Waals surface area contributed by atoms with Gasteiger partial charge in [0.05, 0.1) is 6.10 Å². The van der Waals surface area contributed by atoms with Crippen LogP contribution < -0.4 is 4.74 Å². The van der Waals surface area contributed by atoms with Crippen molar-refractivity contribution >= 4 is 6.16 Å². The Hall–Kier alpha value is -1.75. The first-order valence-corrected chi connectivity index (χ1v) is 10.4. The molecular weight excluding hydrogens is 344 g/mol. The summed E-state index contributed by atoms with van der Waals surface area (Å²) in [5.41, 5.74) is 0.589. The van der Waals surface area contributed by atoms with Crippen molar-refractivity contribution in [1.29, 1.82) is 0 Å². The number of para-hydroxylation sites is 1. The number of hydrogen-bond acceptors (Lipinski definition) is 4. The molecular formula is C22H36O5. The van der Waals surface area contributed by atoms with Gasteiger partial charge in [-0.3, -0.25) is 0 Å². The first-order chi connectivity index (χ1) is 13.1. The minimum absolute atomic E-state index is 0.0484. The monoisotopic (exact) mass is 380 g/mol. The summed E-state index contributed by atoms with van der Waals surface area (Å²) in [5, 5.41) is 19.1. The lowest BCUT2D eigenvalue weighted by Gasteiger charge is -2.19. The maximum Gasteiger partial charge on any atom is 0.511 e. The first-order valence-electron chi connectivity index (χ1n) is 10.4. The number of aromatic hydroxyl groups is 1. The number of hydrogen-bond donors (Lipinski definition) is 2. The van der Waals surface area contributed by atoms with E-state index in [2.05, 4.69) is 11.7 Å². The van der Waals surface area contributed by atoms with Crippen molar-refractivity contribution in [3.05, 3.63) is 23.8 Å². The van der Waals surface area contributed by atoms with Gasteiger partial charge in [0.15, 0.2) is 11.5 Å². The number of carbonyl (C=O) groups is 1. The lowest BCUT2D eigenvalue weighted by molar-refractivity contribution is 0.0521. The van der Waals surface area contributed by atoms with Crippen LogP contribution in [0.1, 0.15) is 96.1 Å². The zero-order valence-corrected chi connectivity index (χ0v) is 16.9. The Labute approximate surface area is 163 Å². The maximum atomic E-state index is 10.7. The van der Waals surface area contributed by atoms with Crippen LogP contribution in [0.25, 0.3) is 0 Å². The van der Waals surface area contributed by atoms with Crippen LogP contribution in [0.15, 0.2) is 18.2 Å². The van der Waals surface area contributed by atoms with Gasteiger partial charge in [0, 0.05) is 12.2 Å². The highest BCUT2D eigenvalue weighted by molar-refractivity contribution is 5.63. The molecule has 0 spiro atoms. The van der Waals surface area contributed by atoms with Crippen LogP contribution in [0, 0.1) is 0 Å². The molecule has 154 valence electrons. The second kappa shape index (κ2) is 14.3. The predicted octanol–water partition coefficient (Wildman–Crippen LogP) is 6.84. The fourth-order valence-electron chi connectivity index (χ4n) is 3.32. The Bertz CT molecular complexity index is 529. The molecule has 0 amide bonds. The molecule has 0 fully saturated rings. The third-order valence-electron chi connectivity index (χ3n) is 4.76. The van der Waals surface area contributed by atoms with Crippen LogP contribution in [-0.4, -0.2) is 23.0 Å². The van der Waals surface area contributed by atoms with Crippen LogP contribution in [-0.2, 0) is 4.74 Å². The van der Waals surface area contributed by atoms with Crippen molar-refractivity contribution < 1.29 is 24.5 Å². The number of ether oxygens (including phenoxy) is 2. The SMILES string of the molecule is CCCCCCCCCCCCC(OCC)c1cccc(OC(=O)O)c1O. The standard InChI is InChI=1S/C22H36O5/c1-3-5-6-7-8-9-10-11-12-13-16-19(26-4-2)18-15-14-17-20(21(18)23)27-22(24)25/h14-15,17,19,23H,3-13,16H2,1-2H3,(H,24,25). The minimum Gasteiger partial charge on any atom is -0.504 e. The Morgan fingerprint density at radius 2 is 1.56 bits per heavy atom. The molecule has 0 saturated heterocycles. The molecule has 1 aromatic rings. The zero-order chi connectivity index (χ0) is 19.9. The fourth-order valence-corrected chi connectivity index (χ4v) is 3.32. The van der Waals surface area contributed by atoms with E-state index in [4.69, 9.17) is 9.84 Å². The van der Waals surface area contributed by atoms with E-state index >= 15 is 0 Å². The lowest BCUT2D eigenvalue weighted by Crippen LogP contribution is -2.07. The van der Waals surface area contributed by atoms with E-state index in [9.17, 15) is 9.90 Å². The van der Waals surface area contributed by atoms with Gasteiger partial charge >= 0.3 is 6.16 Å². The molecule has 5 nitrogen and oxygen atoms in total. The van der Waals surface area contributed by atoms with Crippen molar-refractivity contribution in [2.24, 2.45) is 0 Å². The highest BCUT2D eigenvalue weighted by Crippen LogP contribution is 2.37. The van der Waals surface area contributed by atoms with Gasteiger partial charge in [-0.15, -0.1) is 0 Å². The molecule has 0 aromatic heterocycles. The Morgan fingerprint density at radius 1 is 0.963 bits per heavy atom. The summed E-state index contributed by atoms with van der Waals surface area (Å²) in [5.74, 6) is -0.196. The number of phenolic OH excluding ortho intramolecular Hbond substituents is 1. The van der Waals surface area contributed by atoms with Crippen LogP contribution in [0.5, 0.6) is 11.5 Å². The number of rotatable bonds is 15. The van der Waals surface area contributed by atoms with E-state index in [1.54, 1.807) is 12.1 Å². The molecule has 2 N–H and O–H groups in total.